The molecule has 3 N–H and O–H groups in total. The molecule has 0 spiro atoms. The number of carbonyl (C=O) groups is 1. The summed E-state index contributed by atoms with van der Waals surface area (Å²) >= 11 is 0. The fourth-order valence-electron chi connectivity index (χ4n) is 2.23. The molecule has 1 aromatic heterocycles. The number of hydrazine groups is 1. The zero-order chi connectivity index (χ0) is 18.1. The van der Waals surface area contributed by atoms with Crippen LogP contribution in [0.25, 0.3) is 10.9 Å². The van der Waals surface area contributed by atoms with Crippen LogP contribution >= 0.6 is 0 Å². The number of nitrogens with one attached hydrogen (secondary N) is 1. The van der Waals surface area contributed by atoms with Gasteiger partial charge in [-0.25, -0.2) is 10.8 Å². The van der Waals surface area contributed by atoms with Gasteiger partial charge >= 0.3 is 6.18 Å². The molecule has 0 fully saturated rings. The van der Waals surface area contributed by atoms with Gasteiger partial charge in [-0.15, -0.1) is 0 Å². The molecule has 0 aliphatic rings. The lowest BCUT2D eigenvalue weighted by atomic mass is 9.85. The number of pyridine rings is 1. The highest BCUT2D eigenvalue weighted by Gasteiger charge is 2.29. The van der Waals surface area contributed by atoms with Crippen molar-refractivity contribution in [3.8, 4) is 5.75 Å². The monoisotopic (exact) mass is 341 g/mol. The van der Waals surface area contributed by atoms with Gasteiger partial charge in [0.1, 0.15) is 11.4 Å². The van der Waals surface area contributed by atoms with Gasteiger partial charge in [-0.05, 0) is 29.2 Å². The number of ether oxygens (including phenoxy) is 1. The second-order valence-corrected chi connectivity index (χ2v) is 6.37. The van der Waals surface area contributed by atoms with E-state index in [9.17, 15) is 18.0 Å². The highest BCUT2D eigenvalue weighted by Crippen LogP contribution is 2.33. The molecule has 1 amide bonds. The Hall–Kier alpha value is -2.35. The summed E-state index contributed by atoms with van der Waals surface area (Å²) in [5.41, 5.74) is 2.90. The van der Waals surface area contributed by atoms with Gasteiger partial charge < -0.3 is 4.74 Å². The predicted octanol–water partition coefficient (Wildman–Crippen LogP) is 3.08. The van der Waals surface area contributed by atoms with E-state index in [0.717, 1.165) is 0 Å². The summed E-state index contributed by atoms with van der Waals surface area (Å²) in [7, 11) is 0. The van der Waals surface area contributed by atoms with Crippen LogP contribution in [0.4, 0.5) is 13.2 Å². The number of nitrogen functional groups attached to an aromatic ring is 1. The molecular formula is C16H18F3N3O2. The van der Waals surface area contributed by atoms with Gasteiger partial charge in [-0.3, -0.25) is 10.2 Å². The Kier molecular flexibility index (Phi) is 4.70. The lowest BCUT2D eigenvalue weighted by Gasteiger charge is -2.22. The van der Waals surface area contributed by atoms with Gasteiger partial charge in [0, 0.05) is 5.39 Å². The van der Waals surface area contributed by atoms with Crippen LogP contribution in [0.1, 0.15) is 36.8 Å². The molecule has 24 heavy (non-hydrogen) atoms. The van der Waals surface area contributed by atoms with Crippen molar-refractivity contribution in [1.82, 2.24) is 10.4 Å². The van der Waals surface area contributed by atoms with Crippen LogP contribution in [-0.4, -0.2) is 23.7 Å². The van der Waals surface area contributed by atoms with Crippen molar-refractivity contribution < 1.29 is 22.7 Å². The summed E-state index contributed by atoms with van der Waals surface area (Å²) in [4.78, 5) is 15.9. The summed E-state index contributed by atoms with van der Waals surface area (Å²) in [6.45, 7) is 4.31. The van der Waals surface area contributed by atoms with Crippen molar-refractivity contribution in [2.45, 2.75) is 32.4 Å². The first-order valence-electron chi connectivity index (χ1n) is 7.17. The highest BCUT2D eigenvalue weighted by atomic mass is 19.4. The third-order valence-electron chi connectivity index (χ3n) is 3.34. The number of carbonyl (C=O) groups excluding carboxylic acids is 1. The number of halogens is 3. The van der Waals surface area contributed by atoms with Crippen LogP contribution < -0.4 is 16.0 Å². The van der Waals surface area contributed by atoms with Crippen molar-refractivity contribution in [3.05, 3.63) is 35.5 Å². The Morgan fingerprint density at radius 2 is 1.92 bits per heavy atom. The van der Waals surface area contributed by atoms with Crippen molar-refractivity contribution in [2.75, 3.05) is 6.61 Å². The standard InChI is InChI=1S/C16H18F3N3O2/c1-15(2,3)11-7-10(24-8-16(17,18)19)6-9-4-5-12(14(23)22-20)21-13(9)11/h4-7H,8,20H2,1-3H3,(H,22,23). The lowest BCUT2D eigenvalue weighted by molar-refractivity contribution is -0.153. The molecule has 0 saturated heterocycles. The van der Waals surface area contributed by atoms with Crippen LogP contribution in [0.15, 0.2) is 24.3 Å². The molecule has 5 nitrogen and oxygen atoms in total. The molecule has 0 atom stereocenters. The van der Waals surface area contributed by atoms with E-state index < -0.39 is 24.1 Å². The summed E-state index contributed by atoms with van der Waals surface area (Å²) in [6.07, 6.45) is -4.42. The van der Waals surface area contributed by atoms with Crippen molar-refractivity contribution in [1.29, 1.82) is 0 Å². The first kappa shape index (κ1) is 18.0. The van der Waals surface area contributed by atoms with Crippen LogP contribution in [0.2, 0.25) is 0 Å². The zero-order valence-corrected chi connectivity index (χ0v) is 13.5. The number of nitrogens with two attached hydrogens (primary N) is 1. The number of rotatable bonds is 3. The molecular weight excluding hydrogens is 323 g/mol. The van der Waals surface area contributed by atoms with Gasteiger partial charge in [0.15, 0.2) is 6.61 Å². The van der Waals surface area contributed by atoms with Gasteiger partial charge in [-0.1, -0.05) is 26.8 Å². The number of aromatic nitrogens is 1. The minimum absolute atomic E-state index is 0.0996. The summed E-state index contributed by atoms with van der Waals surface area (Å²) in [5, 5.41) is 0.577. The summed E-state index contributed by atoms with van der Waals surface area (Å²) in [5.74, 6) is 4.66. The lowest BCUT2D eigenvalue weighted by Crippen LogP contribution is -2.30. The minimum Gasteiger partial charge on any atom is -0.484 e. The third-order valence-corrected chi connectivity index (χ3v) is 3.34. The topological polar surface area (TPSA) is 77.2 Å². The number of amides is 1. The van der Waals surface area contributed by atoms with Gasteiger partial charge in [0.25, 0.3) is 5.91 Å². The minimum atomic E-state index is -4.42. The maximum Gasteiger partial charge on any atom is 0.422 e. The SMILES string of the molecule is CC(C)(C)c1cc(OCC(F)(F)F)cc2ccc(C(=O)NN)nc12. The number of nitrogens with zero attached hydrogens (tertiary/aromatic N) is 1. The van der Waals surface area contributed by atoms with Gasteiger partial charge in [0.05, 0.1) is 5.52 Å². The van der Waals surface area contributed by atoms with E-state index in [1.165, 1.54) is 18.2 Å². The van der Waals surface area contributed by atoms with Gasteiger partial charge in [-0.2, -0.15) is 13.2 Å². The molecule has 0 radical (unpaired) electrons. The Bertz CT molecular complexity index is 767. The Labute approximate surface area is 137 Å². The van der Waals surface area contributed by atoms with E-state index in [4.69, 9.17) is 10.6 Å². The molecule has 2 rings (SSSR count). The molecule has 1 heterocycles. The van der Waals surface area contributed by atoms with Crippen LogP contribution in [0.3, 0.4) is 0 Å². The van der Waals surface area contributed by atoms with E-state index >= 15 is 0 Å². The average molecular weight is 341 g/mol. The number of hydrogen-bond donors (Lipinski definition) is 2. The number of fused-ring (bicyclic) bond motifs is 1. The molecule has 0 unspecified atom stereocenters. The second-order valence-electron chi connectivity index (χ2n) is 6.37. The summed E-state index contributed by atoms with van der Waals surface area (Å²) < 4.78 is 42.0. The van der Waals surface area contributed by atoms with E-state index in [0.29, 0.717) is 16.5 Å². The molecule has 1 aromatic carbocycles. The van der Waals surface area contributed by atoms with Crippen LogP contribution in [0, 0.1) is 0 Å². The maximum absolute atomic E-state index is 12.4. The van der Waals surface area contributed by atoms with Crippen LogP contribution in [0.5, 0.6) is 5.75 Å². The fourth-order valence-corrected chi connectivity index (χ4v) is 2.23. The van der Waals surface area contributed by atoms with Gasteiger partial charge in [0.2, 0.25) is 0 Å². The van der Waals surface area contributed by atoms with E-state index in [1.54, 1.807) is 6.07 Å². The maximum atomic E-state index is 12.4. The number of benzene rings is 1. The second kappa shape index (κ2) is 6.27. The highest BCUT2D eigenvalue weighted by molar-refractivity contribution is 5.95. The zero-order valence-electron chi connectivity index (χ0n) is 13.5. The molecule has 8 heteroatoms. The quantitative estimate of drug-likeness (QED) is 0.511. The molecule has 0 aliphatic heterocycles. The van der Waals surface area contributed by atoms with Crippen molar-refractivity contribution in [2.24, 2.45) is 5.84 Å². The summed E-state index contributed by atoms with van der Waals surface area (Å²) in [6, 6.07) is 6.03. The van der Waals surface area contributed by atoms with Crippen molar-refractivity contribution in [3.63, 3.8) is 0 Å². The van der Waals surface area contributed by atoms with E-state index in [-0.39, 0.29) is 11.4 Å². The van der Waals surface area contributed by atoms with E-state index in [1.807, 2.05) is 26.2 Å². The largest absolute Gasteiger partial charge is 0.484 e. The van der Waals surface area contributed by atoms with Crippen LogP contribution in [-0.2, 0) is 5.41 Å². The van der Waals surface area contributed by atoms with E-state index in [2.05, 4.69) is 4.98 Å². The van der Waals surface area contributed by atoms with Crippen molar-refractivity contribution >= 4 is 16.8 Å². The Morgan fingerprint density at radius 1 is 1.25 bits per heavy atom. The number of alkyl halides is 3. The molecule has 130 valence electrons. The first-order valence-corrected chi connectivity index (χ1v) is 7.17. The molecule has 0 bridgehead atoms. The Morgan fingerprint density at radius 3 is 2.46 bits per heavy atom. The smallest absolute Gasteiger partial charge is 0.422 e. The first-order chi connectivity index (χ1) is 11.0. The third kappa shape index (κ3) is 4.14. The Balaban J connectivity index is 2.57. The normalized spacial score (nSPS) is 12.3. The predicted molar refractivity (Wildman–Crippen MR) is 83.6 cm³/mol. The molecule has 0 saturated carbocycles. The molecule has 2 aromatic rings. The molecule has 0 aliphatic carbocycles. The fraction of sp³-hybridized carbons (Fsp3) is 0.375. The number of hydrogen-bond acceptors (Lipinski definition) is 4. The average Bonchev–Trinajstić information content (AvgIpc) is 2.49.